The van der Waals surface area contributed by atoms with Crippen molar-refractivity contribution in [3.8, 4) is 0 Å². The van der Waals surface area contributed by atoms with E-state index in [9.17, 15) is 5.11 Å². The molecule has 0 saturated heterocycles. The molecule has 0 heterocycles. The van der Waals surface area contributed by atoms with Gasteiger partial charge in [0.25, 0.3) is 0 Å². The van der Waals surface area contributed by atoms with E-state index in [4.69, 9.17) is 4.74 Å². The number of aliphatic hydroxyl groups is 1. The Morgan fingerprint density at radius 3 is 2.20 bits per heavy atom. The monoisotopic (exact) mass is 216 g/mol. The first-order valence-electron chi connectivity index (χ1n) is 6.43. The fourth-order valence-corrected chi connectivity index (χ4v) is 1.90. The van der Waals surface area contributed by atoms with Crippen molar-refractivity contribution < 1.29 is 9.84 Å². The van der Waals surface area contributed by atoms with E-state index in [1.165, 1.54) is 19.3 Å². The van der Waals surface area contributed by atoms with Crippen molar-refractivity contribution in [3.63, 3.8) is 0 Å². The molecule has 92 valence electrons. The summed E-state index contributed by atoms with van der Waals surface area (Å²) in [7, 11) is 0. The maximum absolute atomic E-state index is 9.26. The summed E-state index contributed by atoms with van der Waals surface area (Å²) in [5.41, 5.74) is 0. The Morgan fingerprint density at radius 1 is 1.07 bits per heavy atom. The molecule has 0 radical (unpaired) electrons. The third-order valence-electron chi connectivity index (χ3n) is 2.59. The van der Waals surface area contributed by atoms with Crippen molar-refractivity contribution in [2.75, 3.05) is 0 Å². The SMILES string of the molecule is CCCC[C@@H](CCC)O[C@H](C)C[C@@H](C)O. The molecule has 0 spiro atoms. The average molecular weight is 216 g/mol. The van der Waals surface area contributed by atoms with Gasteiger partial charge in [0.15, 0.2) is 0 Å². The first-order valence-corrected chi connectivity index (χ1v) is 6.43. The zero-order valence-corrected chi connectivity index (χ0v) is 10.8. The highest BCUT2D eigenvalue weighted by molar-refractivity contribution is 4.63. The molecular weight excluding hydrogens is 188 g/mol. The third kappa shape index (κ3) is 8.88. The van der Waals surface area contributed by atoms with Crippen molar-refractivity contribution >= 4 is 0 Å². The van der Waals surface area contributed by atoms with Gasteiger partial charge in [0, 0.05) is 0 Å². The van der Waals surface area contributed by atoms with E-state index < -0.39 is 0 Å². The highest BCUT2D eigenvalue weighted by Gasteiger charge is 2.13. The molecule has 0 unspecified atom stereocenters. The average Bonchev–Trinajstić information content (AvgIpc) is 2.13. The molecule has 0 aromatic rings. The second-order valence-corrected chi connectivity index (χ2v) is 4.58. The minimum absolute atomic E-state index is 0.179. The van der Waals surface area contributed by atoms with Gasteiger partial charge in [-0.15, -0.1) is 0 Å². The van der Waals surface area contributed by atoms with Gasteiger partial charge in [-0.2, -0.15) is 0 Å². The summed E-state index contributed by atoms with van der Waals surface area (Å²) in [6, 6.07) is 0. The molecule has 0 aliphatic rings. The Kier molecular flexibility index (Phi) is 9.12. The number of unbranched alkanes of at least 4 members (excludes halogenated alkanes) is 1. The van der Waals surface area contributed by atoms with E-state index in [1.807, 2.05) is 6.92 Å². The van der Waals surface area contributed by atoms with Crippen LogP contribution < -0.4 is 0 Å². The largest absolute Gasteiger partial charge is 0.393 e. The number of rotatable bonds is 9. The van der Waals surface area contributed by atoms with Crippen LogP contribution in [0.25, 0.3) is 0 Å². The van der Waals surface area contributed by atoms with Crippen LogP contribution in [0.2, 0.25) is 0 Å². The second-order valence-electron chi connectivity index (χ2n) is 4.58. The molecule has 0 fully saturated rings. The van der Waals surface area contributed by atoms with Crippen LogP contribution >= 0.6 is 0 Å². The smallest absolute Gasteiger partial charge is 0.0578 e. The van der Waals surface area contributed by atoms with Crippen molar-refractivity contribution in [1.29, 1.82) is 0 Å². The van der Waals surface area contributed by atoms with Crippen molar-refractivity contribution in [2.24, 2.45) is 0 Å². The van der Waals surface area contributed by atoms with Crippen LogP contribution in [-0.4, -0.2) is 23.4 Å². The molecule has 0 aliphatic carbocycles. The minimum atomic E-state index is -0.256. The Bertz CT molecular complexity index is 134. The van der Waals surface area contributed by atoms with Crippen molar-refractivity contribution in [3.05, 3.63) is 0 Å². The third-order valence-corrected chi connectivity index (χ3v) is 2.59. The Morgan fingerprint density at radius 2 is 1.73 bits per heavy atom. The summed E-state index contributed by atoms with van der Waals surface area (Å²) in [5.74, 6) is 0. The van der Waals surface area contributed by atoms with Crippen LogP contribution in [0.15, 0.2) is 0 Å². The Hall–Kier alpha value is -0.0800. The molecule has 0 aromatic heterocycles. The predicted molar refractivity (Wildman–Crippen MR) is 65.1 cm³/mol. The summed E-state index contributed by atoms with van der Waals surface area (Å²) in [6.07, 6.45) is 7.01. The van der Waals surface area contributed by atoms with Gasteiger partial charge in [-0.1, -0.05) is 33.1 Å². The van der Waals surface area contributed by atoms with E-state index in [0.29, 0.717) is 6.10 Å². The lowest BCUT2D eigenvalue weighted by atomic mass is 10.1. The van der Waals surface area contributed by atoms with Crippen LogP contribution in [0, 0.1) is 0 Å². The van der Waals surface area contributed by atoms with Crippen molar-refractivity contribution in [1.82, 2.24) is 0 Å². The second kappa shape index (κ2) is 9.17. The van der Waals surface area contributed by atoms with Crippen LogP contribution in [0.1, 0.15) is 66.2 Å². The maximum Gasteiger partial charge on any atom is 0.0578 e. The molecule has 0 aromatic carbocycles. The van der Waals surface area contributed by atoms with E-state index in [0.717, 1.165) is 19.3 Å². The quantitative estimate of drug-likeness (QED) is 0.639. The molecule has 3 atom stereocenters. The van der Waals surface area contributed by atoms with Gasteiger partial charge in [0.05, 0.1) is 18.3 Å². The fourth-order valence-electron chi connectivity index (χ4n) is 1.90. The Balaban J connectivity index is 3.80. The standard InChI is InChI=1S/C13H28O2/c1-5-7-9-13(8-6-2)15-12(4)10-11(3)14/h11-14H,5-10H2,1-4H3/t11-,12-,13-/m1/s1. The van der Waals surface area contributed by atoms with Crippen LogP contribution in [0.4, 0.5) is 0 Å². The molecular formula is C13H28O2. The lowest BCUT2D eigenvalue weighted by molar-refractivity contribution is -0.0319. The molecule has 0 amide bonds. The normalized spacial score (nSPS) is 17.4. The molecule has 0 bridgehead atoms. The zero-order chi connectivity index (χ0) is 11.7. The molecule has 2 nitrogen and oxygen atoms in total. The van der Waals surface area contributed by atoms with Gasteiger partial charge in [-0.05, 0) is 33.1 Å². The predicted octanol–water partition coefficient (Wildman–Crippen LogP) is 3.52. The minimum Gasteiger partial charge on any atom is -0.393 e. The maximum atomic E-state index is 9.26. The van der Waals surface area contributed by atoms with Gasteiger partial charge in [-0.25, -0.2) is 0 Å². The summed E-state index contributed by atoms with van der Waals surface area (Å²) >= 11 is 0. The lowest BCUT2D eigenvalue weighted by Gasteiger charge is -2.23. The van der Waals surface area contributed by atoms with Gasteiger partial charge in [0.2, 0.25) is 0 Å². The fraction of sp³-hybridized carbons (Fsp3) is 1.00. The van der Waals surface area contributed by atoms with Crippen LogP contribution in [-0.2, 0) is 4.74 Å². The van der Waals surface area contributed by atoms with E-state index >= 15 is 0 Å². The molecule has 0 rings (SSSR count). The van der Waals surface area contributed by atoms with Gasteiger partial charge in [-0.3, -0.25) is 0 Å². The number of ether oxygens (including phenoxy) is 1. The number of hydrogen-bond acceptors (Lipinski definition) is 2. The van der Waals surface area contributed by atoms with Gasteiger partial charge >= 0.3 is 0 Å². The van der Waals surface area contributed by atoms with Gasteiger partial charge < -0.3 is 9.84 Å². The summed E-state index contributed by atoms with van der Waals surface area (Å²) in [4.78, 5) is 0. The molecule has 2 heteroatoms. The van der Waals surface area contributed by atoms with E-state index in [-0.39, 0.29) is 12.2 Å². The molecule has 15 heavy (non-hydrogen) atoms. The lowest BCUT2D eigenvalue weighted by Crippen LogP contribution is -2.23. The molecule has 0 saturated carbocycles. The highest BCUT2D eigenvalue weighted by atomic mass is 16.5. The summed E-state index contributed by atoms with van der Waals surface area (Å²) in [5, 5.41) is 9.26. The zero-order valence-electron chi connectivity index (χ0n) is 10.8. The van der Waals surface area contributed by atoms with Gasteiger partial charge in [0.1, 0.15) is 0 Å². The molecule has 1 N–H and O–H groups in total. The van der Waals surface area contributed by atoms with Crippen molar-refractivity contribution in [2.45, 2.75) is 84.5 Å². The highest BCUT2D eigenvalue weighted by Crippen LogP contribution is 2.15. The summed E-state index contributed by atoms with van der Waals surface area (Å²) in [6.45, 7) is 8.28. The molecule has 0 aliphatic heterocycles. The van der Waals surface area contributed by atoms with E-state index in [2.05, 4.69) is 20.8 Å². The number of aliphatic hydroxyl groups excluding tert-OH is 1. The van der Waals surface area contributed by atoms with Crippen LogP contribution in [0.5, 0.6) is 0 Å². The number of hydrogen-bond donors (Lipinski definition) is 1. The topological polar surface area (TPSA) is 29.5 Å². The van der Waals surface area contributed by atoms with E-state index in [1.54, 1.807) is 0 Å². The summed E-state index contributed by atoms with van der Waals surface area (Å²) < 4.78 is 5.94. The Labute approximate surface area is 95.0 Å². The first kappa shape index (κ1) is 14.9. The van der Waals surface area contributed by atoms with Crippen LogP contribution in [0.3, 0.4) is 0 Å². The first-order chi connectivity index (χ1) is 7.10.